The first kappa shape index (κ1) is 18.2. The number of benzene rings is 2. The summed E-state index contributed by atoms with van der Waals surface area (Å²) in [4.78, 5) is 35.0. The number of para-hydroxylation sites is 1. The highest BCUT2D eigenvalue weighted by molar-refractivity contribution is 6.15. The summed E-state index contributed by atoms with van der Waals surface area (Å²) in [6, 6.07) is 13.8. The normalized spacial score (nSPS) is 13.8. The second-order valence-electron chi connectivity index (χ2n) is 6.12. The maximum atomic E-state index is 12.6. The molecule has 3 aromatic rings. The maximum Gasteiger partial charge on any atom is 0.337 e. The highest BCUT2D eigenvalue weighted by Crippen LogP contribution is 2.35. The summed E-state index contributed by atoms with van der Waals surface area (Å²) in [6.07, 6.45) is 1.40. The van der Waals surface area contributed by atoms with Crippen molar-refractivity contribution in [2.75, 3.05) is 7.11 Å². The molecule has 29 heavy (non-hydrogen) atoms. The van der Waals surface area contributed by atoms with Gasteiger partial charge in [-0.05, 0) is 36.4 Å². The fourth-order valence-electron chi connectivity index (χ4n) is 2.98. The first-order valence-corrected chi connectivity index (χ1v) is 8.48. The molecule has 0 aliphatic carbocycles. The van der Waals surface area contributed by atoms with Crippen molar-refractivity contribution in [2.45, 2.75) is 0 Å². The van der Waals surface area contributed by atoms with Gasteiger partial charge >= 0.3 is 5.97 Å². The minimum Gasteiger partial charge on any atom is -0.465 e. The van der Waals surface area contributed by atoms with Gasteiger partial charge in [-0.3, -0.25) is 14.9 Å². The van der Waals surface area contributed by atoms with Crippen LogP contribution in [0.1, 0.15) is 26.5 Å². The van der Waals surface area contributed by atoms with Crippen LogP contribution < -0.4 is 4.74 Å². The van der Waals surface area contributed by atoms with Gasteiger partial charge in [0.2, 0.25) is 5.78 Å². The Hall–Kier alpha value is -4.20. The maximum absolute atomic E-state index is 12.6. The van der Waals surface area contributed by atoms with E-state index in [1.54, 1.807) is 30.3 Å². The highest BCUT2D eigenvalue weighted by Gasteiger charge is 2.29. The number of ether oxygens (including phenoxy) is 2. The molecule has 1 aliphatic rings. The van der Waals surface area contributed by atoms with Crippen molar-refractivity contribution in [2.24, 2.45) is 0 Å². The summed E-state index contributed by atoms with van der Waals surface area (Å²) >= 11 is 0. The molecular weight excluding hydrogens is 378 g/mol. The number of nitro benzene ring substituents is 1. The number of nitro groups is 1. The van der Waals surface area contributed by atoms with Crippen LogP contribution in [0, 0.1) is 10.1 Å². The zero-order valence-corrected chi connectivity index (χ0v) is 15.1. The van der Waals surface area contributed by atoms with Crippen LogP contribution in [0.5, 0.6) is 5.75 Å². The smallest absolute Gasteiger partial charge is 0.337 e. The monoisotopic (exact) mass is 391 g/mol. The van der Waals surface area contributed by atoms with Crippen molar-refractivity contribution in [3.63, 3.8) is 0 Å². The summed E-state index contributed by atoms with van der Waals surface area (Å²) in [6.45, 7) is 0. The van der Waals surface area contributed by atoms with E-state index in [9.17, 15) is 19.7 Å². The number of fused-ring (bicyclic) bond motifs is 1. The number of rotatable bonds is 4. The molecule has 4 rings (SSSR count). The molecular formula is C21H13NO7. The van der Waals surface area contributed by atoms with Gasteiger partial charge in [0, 0.05) is 12.1 Å². The third-order valence-corrected chi connectivity index (χ3v) is 4.36. The van der Waals surface area contributed by atoms with E-state index in [0.29, 0.717) is 22.8 Å². The van der Waals surface area contributed by atoms with E-state index < -0.39 is 16.7 Å². The minimum atomic E-state index is -0.557. The van der Waals surface area contributed by atoms with Crippen molar-refractivity contribution < 1.29 is 28.4 Å². The quantitative estimate of drug-likeness (QED) is 0.283. The average molecular weight is 391 g/mol. The van der Waals surface area contributed by atoms with Crippen LogP contribution >= 0.6 is 0 Å². The standard InChI is InChI=1S/C21H13NO7/c1-27-21(24)12-6-8-18-15(10-12)20(23)19(29-18)11-13-7-9-17(28-13)14-4-2-3-5-16(14)22(25)26/h2-11H,1H3/b19-11-. The third-order valence-electron chi connectivity index (χ3n) is 4.36. The molecule has 0 spiro atoms. The number of hydrogen-bond acceptors (Lipinski definition) is 7. The minimum absolute atomic E-state index is 0.0190. The number of carbonyl (C=O) groups excluding carboxylic acids is 2. The zero-order chi connectivity index (χ0) is 20.5. The van der Waals surface area contributed by atoms with Gasteiger partial charge in [0.25, 0.3) is 5.69 Å². The lowest BCUT2D eigenvalue weighted by Gasteiger charge is -2.00. The van der Waals surface area contributed by atoms with E-state index >= 15 is 0 Å². The number of carbonyl (C=O) groups is 2. The Balaban J connectivity index is 1.64. The van der Waals surface area contributed by atoms with Crippen molar-refractivity contribution >= 4 is 23.5 Å². The zero-order valence-electron chi connectivity index (χ0n) is 15.1. The molecule has 0 N–H and O–H groups in total. The molecule has 0 atom stereocenters. The van der Waals surface area contributed by atoms with Crippen LogP contribution in [0.2, 0.25) is 0 Å². The van der Waals surface area contributed by atoms with E-state index in [4.69, 9.17) is 9.15 Å². The Morgan fingerprint density at radius 1 is 1.10 bits per heavy atom. The van der Waals surface area contributed by atoms with Crippen LogP contribution in [0.3, 0.4) is 0 Å². The molecule has 2 heterocycles. The second-order valence-corrected chi connectivity index (χ2v) is 6.12. The van der Waals surface area contributed by atoms with Gasteiger partial charge in [-0.25, -0.2) is 4.79 Å². The average Bonchev–Trinajstić information content (AvgIpc) is 3.32. The van der Waals surface area contributed by atoms with Crippen molar-refractivity contribution in [3.8, 4) is 17.1 Å². The first-order valence-electron chi connectivity index (χ1n) is 8.48. The third kappa shape index (κ3) is 3.27. The number of allylic oxidation sites excluding steroid dienone is 1. The molecule has 1 aliphatic heterocycles. The molecule has 0 saturated carbocycles. The van der Waals surface area contributed by atoms with Gasteiger partial charge in [-0.1, -0.05) is 12.1 Å². The Kier molecular flexibility index (Phi) is 4.44. The summed E-state index contributed by atoms with van der Waals surface area (Å²) in [5, 5.41) is 11.2. The van der Waals surface area contributed by atoms with E-state index in [1.807, 2.05) is 0 Å². The lowest BCUT2D eigenvalue weighted by molar-refractivity contribution is -0.384. The van der Waals surface area contributed by atoms with Gasteiger partial charge in [0.1, 0.15) is 17.3 Å². The molecule has 8 heteroatoms. The van der Waals surface area contributed by atoms with Crippen molar-refractivity contribution in [3.05, 3.63) is 87.4 Å². The highest BCUT2D eigenvalue weighted by atomic mass is 16.6. The van der Waals surface area contributed by atoms with Gasteiger partial charge in [0.15, 0.2) is 5.76 Å². The van der Waals surface area contributed by atoms with E-state index in [2.05, 4.69) is 4.74 Å². The number of nitrogens with zero attached hydrogens (tertiary/aromatic N) is 1. The molecule has 0 amide bonds. The number of Topliss-reactive ketones (excluding diaryl/α,β-unsaturated/α-hetero) is 1. The molecule has 8 nitrogen and oxygen atoms in total. The predicted octanol–water partition coefficient (Wildman–Crippen LogP) is 4.26. The molecule has 0 unspecified atom stereocenters. The van der Waals surface area contributed by atoms with Gasteiger partial charge in [0.05, 0.1) is 28.7 Å². The second kappa shape index (κ2) is 7.08. The van der Waals surface area contributed by atoms with Crippen molar-refractivity contribution in [1.82, 2.24) is 0 Å². The fraction of sp³-hybridized carbons (Fsp3) is 0.0476. The molecule has 2 aromatic carbocycles. The molecule has 0 fully saturated rings. The summed E-state index contributed by atoms with van der Waals surface area (Å²) in [5.74, 6) is -0.0417. The van der Waals surface area contributed by atoms with Gasteiger partial charge in [-0.2, -0.15) is 0 Å². The molecule has 144 valence electrons. The Morgan fingerprint density at radius 2 is 1.90 bits per heavy atom. The predicted molar refractivity (Wildman–Crippen MR) is 102 cm³/mol. The van der Waals surface area contributed by atoms with Crippen LogP contribution in [0.4, 0.5) is 5.69 Å². The number of ketones is 1. The Morgan fingerprint density at radius 3 is 2.66 bits per heavy atom. The van der Waals surface area contributed by atoms with Crippen molar-refractivity contribution in [1.29, 1.82) is 0 Å². The Labute approximate surface area is 164 Å². The number of methoxy groups -OCH3 is 1. The molecule has 0 bridgehead atoms. The van der Waals surface area contributed by atoms with Crippen LogP contribution in [0.25, 0.3) is 17.4 Å². The first-order chi connectivity index (χ1) is 14.0. The van der Waals surface area contributed by atoms with Gasteiger partial charge < -0.3 is 13.9 Å². The van der Waals surface area contributed by atoms with E-state index in [1.165, 1.54) is 37.5 Å². The Bertz CT molecular complexity index is 1190. The SMILES string of the molecule is COC(=O)c1ccc2c(c1)C(=O)/C(=C/c1ccc(-c3ccccc3[N+](=O)[O-])o1)O2. The van der Waals surface area contributed by atoms with Crippen LogP contribution in [-0.2, 0) is 4.74 Å². The lowest BCUT2D eigenvalue weighted by Crippen LogP contribution is -2.02. The topological polar surface area (TPSA) is 109 Å². The van der Waals surface area contributed by atoms with E-state index in [0.717, 1.165) is 0 Å². The number of hydrogen-bond donors (Lipinski definition) is 0. The number of esters is 1. The summed E-state index contributed by atoms with van der Waals surface area (Å²) < 4.78 is 15.9. The summed E-state index contributed by atoms with van der Waals surface area (Å²) in [7, 11) is 1.25. The van der Waals surface area contributed by atoms with E-state index in [-0.39, 0.29) is 22.6 Å². The van der Waals surface area contributed by atoms with Gasteiger partial charge in [-0.15, -0.1) is 0 Å². The molecule has 0 radical (unpaired) electrons. The molecule has 0 saturated heterocycles. The number of furan rings is 1. The fourth-order valence-corrected chi connectivity index (χ4v) is 2.98. The van der Waals surface area contributed by atoms with Crippen LogP contribution in [0.15, 0.2) is 64.8 Å². The lowest BCUT2D eigenvalue weighted by atomic mass is 10.1. The largest absolute Gasteiger partial charge is 0.465 e. The molecule has 1 aromatic heterocycles. The van der Waals surface area contributed by atoms with Crippen LogP contribution in [-0.4, -0.2) is 23.8 Å². The summed E-state index contributed by atoms with van der Waals surface area (Å²) in [5.41, 5.74) is 0.717.